The van der Waals surface area contributed by atoms with E-state index in [1.807, 2.05) is 6.92 Å². The normalized spacial score (nSPS) is 24.0. The summed E-state index contributed by atoms with van der Waals surface area (Å²) in [5.74, 6) is -1.00. The Morgan fingerprint density at radius 2 is 1.94 bits per heavy atom. The molecule has 2 atom stereocenters. The van der Waals surface area contributed by atoms with E-state index in [4.69, 9.17) is 9.52 Å². The highest BCUT2D eigenvalue weighted by Crippen LogP contribution is 2.23. The van der Waals surface area contributed by atoms with E-state index in [9.17, 15) is 9.59 Å². The number of piperidine rings is 1. The van der Waals surface area contributed by atoms with Crippen LogP contribution >= 0.6 is 0 Å². The van der Waals surface area contributed by atoms with E-state index < -0.39 is 5.97 Å². The Labute approximate surface area is 105 Å². The lowest BCUT2D eigenvalue weighted by atomic mass is 9.95. The Morgan fingerprint density at radius 1 is 1.28 bits per heavy atom. The fraction of sp³-hybridized carbons (Fsp3) is 0.538. The first kappa shape index (κ1) is 12.7. The monoisotopic (exact) mass is 251 g/mol. The molecule has 1 fully saturated rings. The summed E-state index contributed by atoms with van der Waals surface area (Å²) >= 11 is 0. The van der Waals surface area contributed by atoms with Gasteiger partial charge in [0.2, 0.25) is 5.76 Å². The Morgan fingerprint density at radius 3 is 2.56 bits per heavy atom. The average molecular weight is 251 g/mol. The van der Waals surface area contributed by atoms with Gasteiger partial charge in [-0.1, -0.05) is 6.92 Å². The van der Waals surface area contributed by atoms with Crippen LogP contribution in [0.2, 0.25) is 0 Å². The van der Waals surface area contributed by atoms with Gasteiger partial charge < -0.3 is 14.4 Å². The second kappa shape index (κ2) is 4.84. The van der Waals surface area contributed by atoms with Crippen LogP contribution in [0.4, 0.5) is 0 Å². The predicted molar refractivity (Wildman–Crippen MR) is 64.6 cm³/mol. The van der Waals surface area contributed by atoms with Crippen molar-refractivity contribution in [1.82, 2.24) is 4.90 Å². The number of carbonyl (C=O) groups is 2. The topological polar surface area (TPSA) is 70.8 Å². The molecule has 1 amide bonds. The van der Waals surface area contributed by atoms with Crippen LogP contribution in [0, 0.1) is 5.92 Å². The van der Waals surface area contributed by atoms with Crippen molar-refractivity contribution in [3.8, 4) is 0 Å². The molecule has 1 aromatic heterocycles. The number of amides is 1. The molecule has 1 aromatic rings. The van der Waals surface area contributed by atoms with Crippen LogP contribution in [0.1, 0.15) is 47.8 Å². The van der Waals surface area contributed by atoms with Gasteiger partial charge in [0.15, 0.2) is 5.76 Å². The van der Waals surface area contributed by atoms with Crippen LogP contribution in [-0.2, 0) is 0 Å². The molecular formula is C13H17NO4. The maximum Gasteiger partial charge on any atom is 0.371 e. The minimum atomic E-state index is -1.16. The van der Waals surface area contributed by atoms with Crippen LogP contribution in [0.3, 0.4) is 0 Å². The molecule has 1 aliphatic rings. The quantitative estimate of drug-likeness (QED) is 0.875. The summed E-state index contributed by atoms with van der Waals surface area (Å²) in [6.07, 6.45) is 2.09. The van der Waals surface area contributed by atoms with Crippen molar-refractivity contribution in [3.63, 3.8) is 0 Å². The second-order valence-electron chi connectivity index (χ2n) is 4.96. The SMILES string of the molecule is CC1CCC(C)N(C(=O)c2ccc(C(=O)O)o2)C1. The van der Waals surface area contributed by atoms with Gasteiger partial charge in [-0.2, -0.15) is 0 Å². The van der Waals surface area contributed by atoms with Crippen molar-refractivity contribution >= 4 is 11.9 Å². The van der Waals surface area contributed by atoms with E-state index in [2.05, 4.69) is 6.92 Å². The van der Waals surface area contributed by atoms with Crippen LogP contribution in [0.15, 0.2) is 16.5 Å². The molecule has 0 aromatic carbocycles. The third-order valence-electron chi connectivity index (χ3n) is 3.41. The number of rotatable bonds is 2. The van der Waals surface area contributed by atoms with E-state index >= 15 is 0 Å². The number of hydrogen-bond donors (Lipinski definition) is 1. The van der Waals surface area contributed by atoms with Crippen molar-refractivity contribution in [2.75, 3.05) is 6.54 Å². The smallest absolute Gasteiger partial charge is 0.371 e. The molecule has 1 saturated heterocycles. The van der Waals surface area contributed by atoms with Gasteiger partial charge in [-0.15, -0.1) is 0 Å². The molecule has 5 heteroatoms. The molecule has 0 saturated carbocycles. The molecule has 0 bridgehead atoms. The lowest BCUT2D eigenvalue weighted by Crippen LogP contribution is -2.44. The summed E-state index contributed by atoms with van der Waals surface area (Å²) in [6, 6.07) is 2.91. The summed E-state index contributed by atoms with van der Waals surface area (Å²) in [5, 5.41) is 8.77. The van der Waals surface area contributed by atoms with Gasteiger partial charge in [-0.25, -0.2) is 4.79 Å². The number of nitrogens with zero attached hydrogens (tertiary/aromatic N) is 1. The fourth-order valence-corrected chi connectivity index (χ4v) is 2.28. The molecule has 98 valence electrons. The number of hydrogen-bond acceptors (Lipinski definition) is 3. The Kier molecular flexibility index (Phi) is 3.41. The number of carboxylic acids is 1. The first-order valence-electron chi connectivity index (χ1n) is 6.13. The highest BCUT2D eigenvalue weighted by molar-refractivity contribution is 5.93. The first-order chi connectivity index (χ1) is 8.49. The molecule has 0 radical (unpaired) electrons. The Bertz CT molecular complexity index is 465. The van der Waals surface area contributed by atoms with E-state index in [0.717, 1.165) is 12.8 Å². The van der Waals surface area contributed by atoms with E-state index in [0.29, 0.717) is 12.5 Å². The minimum Gasteiger partial charge on any atom is -0.475 e. The highest BCUT2D eigenvalue weighted by atomic mass is 16.4. The Hall–Kier alpha value is -1.78. The van der Waals surface area contributed by atoms with Crippen LogP contribution in [0.25, 0.3) is 0 Å². The van der Waals surface area contributed by atoms with Gasteiger partial charge in [-0.3, -0.25) is 4.79 Å². The molecule has 5 nitrogen and oxygen atoms in total. The van der Waals surface area contributed by atoms with Crippen molar-refractivity contribution in [2.45, 2.75) is 32.7 Å². The van der Waals surface area contributed by atoms with Crippen LogP contribution < -0.4 is 0 Å². The third-order valence-corrected chi connectivity index (χ3v) is 3.41. The summed E-state index contributed by atoms with van der Waals surface area (Å²) < 4.78 is 5.05. The number of aromatic carboxylic acids is 1. The zero-order valence-corrected chi connectivity index (χ0v) is 10.5. The van der Waals surface area contributed by atoms with Crippen molar-refractivity contribution in [3.05, 3.63) is 23.7 Å². The standard InChI is InChI=1S/C13H17NO4/c1-8-3-4-9(2)14(7-8)12(15)10-5-6-11(18-10)13(16)17/h5-6,8-9H,3-4,7H2,1-2H3,(H,16,17). The summed E-state index contributed by atoms with van der Waals surface area (Å²) in [6.45, 7) is 4.81. The number of carboxylic acid groups (broad SMARTS) is 1. The molecule has 2 unspecified atom stereocenters. The molecule has 2 rings (SSSR count). The zero-order valence-electron chi connectivity index (χ0n) is 10.5. The van der Waals surface area contributed by atoms with E-state index in [1.165, 1.54) is 12.1 Å². The number of carbonyl (C=O) groups excluding carboxylic acids is 1. The maximum atomic E-state index is 12.2. The molecular weight excluding hydrogens is 234 g/mol. The largest absolute Gasteiger partial charge is 0.475 e. The van der Waals surface area contributed by atoms with E-state index in [1.54, 1.807) is 4.90 Å². The molecule has 1 N–H and O–H groups in total. The fourth-order valence-electron chi connectivity index (χ4n) is 2.28. The number of likely N-dealkylation sites (tertiary alicyclic amines) is 1. The van der Waals surface area contributed by atoms with Crippen molar-refractivity contribution in [1.29, 1.82) is 0 Å². The zero-order chi connectivity index (χ0) is 13.3. The minimum absolute atomic E-state index is 0.105. The summed E-state index contributed by atoms with van der Waals surface area (Å²) in [7, 11) is 0. The lowest BCUT2D eigenvalue weighted by Gasteiger charge is -2.36. The van der Waals surface area contributed by atoms with Gasteiger partial charge in [-0.05, 0) is 37.8 Å². The lowest BCUT2D eigenvalue weighted by molar-refractivity contribution is 0.0534. The Balaban J connectivity index is 2.16. The van der Waals surface area contributed by atoms with Gasteiger partial charge >= 0.3 is 5.97 Å². The second-order valence-corrected chi connectivity index (χ2v) is 4.96. The molecule has 0 aliphatic carbocycles. The van der Waals surface area contributed by atoms with E-state index in [-0.39, 0.29) is 23.5 Å². The predicted octanol–water partition coefficient (Wildman–Crippen LogP) is 2.24. The summed E-state index contributed by atoms with van der Waals surface area (Å²) in [4.78, 5) is 24.7. The van der Waals surface area contributed by atoms with Crippen molar-refractivity contribution in [2.24, 2.45) is 5.92 Å². The van der Waals surface area contributed by atoms with Gasteiger partial charge in [0.05, 0.1) is 0 Å². The van der Waals surface area contributed by atoms with Gasteiger partial charge in [0.25, 0.3) is 5.91 Å². The molecule has 2 heterocycles. The summed E-state index contributed by atoms with van der Waals surface area (Å²) in [5.41, 5.74) is 0. The average Bonchev–Trinajstić information content (AvgIpc) is 2.81. The van der Waals surface area contributed by atoms with Gasteiger partial charge in [0.1, 0.15) is 0 Å². The molecule has 0 spiro atoms. The molecule has 1 aliphatic heterocycles. The highest BCUT2D eigenvalue weighted by Gasteiger charge is 2.29. The maximum absolute atomic E-state index is 12.2. The van der Waals surface area contributed by atoms with Gasteiger partial charge in [0, 0.05) is 12.6 Å². The molecule has 18 heavy (non-hydrogen) atoms. The number of furan rings is 1. The first-order valence-corrected chi connectivity index (χ1v) is 6.13. The third kappa shape index (κ3) is 2.39. The van der Waals surface area contributed by atoms with Crippen LogP contribution in [0.5, 0.6) is 0 Å². The van der Waals surface area contributed by atoms with Crippen molar-refractivity contribution < 1.29 is 19.1 Å². The van der Waals surface area contributed by atoms with Crippen LogP contribution in [-0.4, -0.2) is 34.5 Å².